The van der Waals surface area contributed by atoms with Crippen LogP contribution in [0.25, 0.3) is 11.1 Å². The molecule has 0 aliphatic carbocycles. The van der Waals surface area contributed by atoms with Crippen molar-refractivity contribution in [1.82, 2.24) is 5.32 Å². The van der Waals surface area contributed by atoms with Crippen LogP contribution in [0.3, 0.4) is 0 Å². The van der Waals surface area contributed by atoms with E-state index in [4.69, 9.17) is 4.74 Å². The highest BCUT2D eigenvalue weighted by molar-refractivity contribution is 5.82. The summed E-state index contributed by atoms with van der Waals surface area (Å²) in [6, 6.07) is 19.7. The van der Waals surface area contributed by atoms with Crippen LogP contribution in [-0.4, -0.2) is 24.0 Å². The molecule has 2 aromatic carbocycles. The van der Waals surface area contributed by atoms with Crippen LogP contribution in [0.4, 0.5) is 0 Å². The summed E-state index contributed by atoms with van der Waals surface area (Å²) in [5, 5.41) is 11.8. The fraction of sp³-hybridized carbons (Fsp3) is 0.318. The van der Waals surface area contributed by atoms with Crippen LogP contribution >= 0.6 is 0 Å². The average molecular weight is 364 g/mol. The average Bonchev–Trinajstić information content (AvgIpc) is 2.67. The Bertz CT molecular complexity index is 823. The van der Waals surface area contributed by atoms with E-state index < -0.39 is 24.0 Å². The molecule has 2 rings (SSSR count). The Morgan fingerprint density at radius 1 is 1.07 bits per heavy atom. The lowest BCUT2D eigenvalue weighted by Crippen LogP contribution is -2.50. The summed E-state index contributed by atoms with van der Waals surface area (Å²) in [7, 11) is 0. The maximum atomic E-state index is 12.0. The van der Waals surface area contributed by atoms with E-state index in [0.717, 1.165) is 16.7 Å². The highest BCUT2D eigenvalue weighted by atomic mass is 16.5. The normalized spacial score (nSPS) is 12.7. The third-order valence-corrected chi connectivity index (χ3v) is 4.56. The number of amides is 1. The Kier molecular flexibility index (Phi) is 6.73. The number of nitrogens with one attached hydrogen (secondary N) is 1. The Balaban J connectivity index is 1.85. The van der Waals surface area contributed by atoms with E-state index in [1.54, 1.807) is 6.92 Å². The Hall–Kier alpha value is -3.13. The van der Waals surface area contributed by atoms with Gasteiger partial charge in [0.1, 0.15) is 5.54 Å². The molecule has 0 unspecified atom stereocenters. The van der Waals surface area contributed by atoms with Crippen molar-refractivity contribution >= 4 is 11.9 Å². The summed E-state index contributed by atoms with van der Waals surface area (Å²) in [5.41, 5.74) is 1.99. The van der Waals surface area contributed by atoms with Crippen LogP contribution in [0.2, 0.25) is 0 Å². The van der Waals surface area contributed by atoms with Gasteiger partial charge in [0.15, 0.2) is 6.61 Å². The summed E-state index contributed by atoms with van der Waals surface area (Å²) < 4.78 is 5.03. The van der Waals surface area contributed by atoms with Gasteiger partial charge in [0.05, 0.1) is 12.5 Å². The summed E-state index contributed by atoms with van der Waals surface area (Å²) in [6.45, 7) is 4.93. The third-order valence-electron chi connectivity index (χ3n) is 4.56. The van der Waals surface area contributed by atoms with Crippen molar-refractivity contribution in [2.75, 3.05) is 6.61 Å². The van der Waals surface area contributed by atoms with Gasteiger partial charge < -0.3 is 10.1 Å². The Labute approximate surface area is 160 Å². The van der Waals surface area contributed by atoms with E-state index in [1.807, 2.05) is 68.4 Å². The molecule has 0 heterocycles. The standard InChI is InChI=1S/C22H24N2O3/c1-16(2)22(3,15-23)24-20(25)14-27-21(26)13-17-9-11-19(12-10-17)18-7-5-4-6-8-18/h4-12,16H,13-14H2,1-3H3,(H,24,25)/t22-/m1/s1. The lowest BCUT2D eigenvalue weighted by molar-refractivity contribution is -0.148. The van der Waals surface area contributed by atoms with E-state index in [-0.39, 0.29) is 12.3 Å². The number of ether oxygens (including phenoxy) is 1. The van der Waals surface area contributed by atoms with Crippen molar-refractivity contribution in [1.29, 1.82) is 5.26 Å². The van der Waals surface area contributed by atoms with Gasteiger partial charge in [-0.15, -0.1) is 0 Å². The topological polar surface area (TPSA) is 79.2 Å². The number of esters is 1. The van der Waals surface area contributed by atoms with Crippen molar-refractivity contribution in [2.45, 2.75) is 32.7 Å². The number of rotatable bonds is 7. The van der Waals surface area contributed by atoms with Gasteiger partial charge in [0.2, 0.25) is 0 Å². The first-order valence-corrected chi connectivity index (χ1v) is 8.86. The van der Waals surface area contributed by atoms with Crippen molar-refractivity contribution in [3.05, 3.63) is 60.2 Å². The summed E-state index contributed by atoms with van der Waals surface area (Å²) in [5.74, 6) is -1.04. The van der Waals surface area contributed by atoms with Crippen molar-refractivity contribution in [2.24, 2.45) is 5.92 Å². The SMILES string of the molecule is CC(C)[C@@](C)(C#N)NC(=O)COC(=O)Cc1ccc(-c2ccccc2)cc1. The molecule has 140 valence electrons. The number of hydrogen-bond acceptors (Lipinski definition) is 4. The second-order valence-corrected chi connectivity index (χ2v) is 6.92. The largest absolute Gasteiger partial charge is 0.455 e. The van der Waals surface area contributed by atoms with Gasteiger partial charge in [-0.1, -0.05) is 68.4 Å². The Morgan fingerprint density at radius 2 is 1.67 bits per heavy atom. The molecule has 1 N–H and O–H groups in total. The minimum atomic E-state index is -0.989. The molecule has 0 radical (unpaired) electrons. The van der Waals surface area contributed by atoms with E-state index in [9.17, 15) is 14.9 Å². The molecule has 0 spiro atoms. The van der Waals surface area contributed by atoms with Crippen LogP contribution in [0.5, 0.6) is 0 Å². The Morgan fingerprint density at radius 3 is 2.22 bits per heavy atom. The van der Waals surface area contributed by atoms with Gasteiger partial charge in [-0.25, -0.2) is 0 Å². The van der Waals surface area contributed by atoms with Gasteiger partial charge in [0, 0.05) is 0 Å². The van der Waals surface area contributed by atoms with Crippen LogP contribution in [0.15, 0.2) is 54.6 Å². The molecule has 1 amide bonds. The smallest absolute Gasteiger partial charge is 0.310 e. The van der Waals surface area contributed by atoms with E-state index in [2.05, 4.69) is 11.4 Å². The molecule has 0 saturated carbocycles. The molecule has 5 heteroatoms. The molecular weight excluding hydrogens is 340 g/mol. The molecule has 0 fully saturated rings. The first-order chi connectivity index (χ1) is 12.8. The number of benzene rings is 2. The second kappa shape index (κ2) is 9.00. The molecule has 0 aliphatic heterocycles. The lowest BCUT2D eigenvalue weighted by atomic mass is 9.90. The number of nitriles is 1. The molecule has 0 aromatic heterocycles. The monoisotopic (exact) mass is 364 g/mol. The predicted molar refractivity (Wildman–Crippen MR) is 104 cm³/mol. The highest BCUT2D eigenvalue weighted by Gasteiger charge is 2.30. The van der Waals surface area contributed by atoms with Crippen molar-refractivity contribution < 1.29 is 14.3 Å². The maximum absolute atomic E-state index is 12.0. The van der Waals surface area contributed by atoms with Gasteiger partial charge in [0.25, 0.3) is 5.91 Å². The maximum Gasteiger partial charge on any atom is 0.310 e. The first kappa shape index (κ1) is 20.2. The van der Waals surface area contributed by atoms with Crippen LogP contribution in [0, 0.1) is 17.2 Å². The molecule has 5 nitrogen and oxygen atoms in total. The third kappa shape index (κ3) is 5.68. The number of hydrogen-bond donors (Lipinski definition) is 1. The molecule has 0 bridgehead atoms. The van der Waals surface area contributed by atoms with Crippen molar-refractivity contribution in [3.63, 3.8) is 0 Å². The summed E-state index contributed by atoms with van der Waals surface area (Å²) >= 11 is 0. The van der Waals surface area contributed by atoms with Crippen molar-refractivity contribution in [3.8, 4) is 17.2 Å². The van der Waals surface area contributed by atoms with Gasteiger partial charge in [-0.05, 0) is 29.5 Å². The predicted octanol–water partition coefficient (Wildman–Crippen LogP) is 3.49. The molecular formula is C22H24N2O3. The quantitative estimate of drug-likeness (QED) is 0.763. The fourth-order valence-electron chi connectivity index (χ4n) is 2.44. The van der Waals surface area contributed by atoms with Gasteiger partial charge in [-0.2, -0.15) is 5.26 Å². The molecule has 2 aromatic rings. The number of nitrogens with zero attached hydrogens (tertiary/aromatic N) is 1. The van der Waals surface area contributed by atoms with Gasteiger partial charge >= 0.3 is 5.97 Å². The molecule has 27 heavy (non-hydrogen) atoms. The minimum absolute atomic E-state index is 0.0646. The van der Waals surface area contributed by atoms with Gasteiger partial charge in [-0.3, -0.25) is 9.59 Å². The second-order valence-electron chi connectivity index (χ2n) is 6.92. The van der Waals surface area contributed by atoms with E-state index >= 15 is 0 Å². The van der Waals surface area contributed by atoms with Crippen LogP contribution in [0.1, 0.15) is 26.3 Å². The zero-order valence-electron chi connectivity index (χ0n) is 15.9. The zero-order chi connectivity index (χ0) is 19.9. The molecule has 1 atom stereocenters. The van der Waals surface area contributed by atoms with Crippen LogP contribution < -0.4 is 5.32 Å². The minimum Gasteiger partial charge on any atom is -0.455 e. The summed E-state index contributed by atoms with van der Waals surface area (Å²) in [6.07, 6.45) is 0.0854. The molecule has 0 saturated heterocycles. The fourth-order valence-corrected chi connectivity index (χ4v) is 2.44. The lowest BCUT2D eigenvalue weighted by Gasteiger charge is -2.27. The van der Waals surface area contributed by atoms with E-state index in [1.165, 1.54) is 0 Å². The zero-order valence-corrected chi connectivity index (χ0v) is 15.9. The number of carbonyl (C=O) groups excluding carboxylic acids is 2. The first-order valence-electron chi connectivity index (χ1n) is 8.86. The molecule has 0 aliphatic rings. The summed E-state index contributed by atoms with van der Waals surface area (Å²) in [4.78, 5) is 23.9. The number of carbonyl (C=O) groups is 2. The highest BCUT2D eigenvalue weighted by Crippen LogP contribution is 2.19. The van der Waals surface area contributed by atoms with Crippen LogP contribution in [-0.2, 0) is 20.7 Å². The van der Waals surface area contributed by atoms with E-state index in [0.29, 0.717) is 0 Å².